The molecule has 1 heterocycles. The Kier molecular flexibility index (Phi) is 4.14. The van der Waals surface area contributed by atoms with Gasteiger partial charge in [-0.05, 0) is 51.3 Å². The minimum absolute atomic E-state index is 0.170. The van der Waals surface area contributed by atoms with Gasteiger partial charge in [0.25, 0.3) is 0 Å². The van der Waals surface area contributed by atoms with Crippen molar-refractivity contribution in [3.8, 4) is 0 Å². The van der Waals surface area contributed by atoms with E-state index >= 15 is 0 Å². The standard InChI is InChI=1S/C19H24N2O/c1-12-9-13(2)18-16(10-12)17(11-14(3)20-18)21-19(22)15-7-5-4-6-8-15/h9-11,15H,4-8H2,1-3H3,(H,20,21,22). The largest absolute Gasteiger partial charge is 0.325 e. The van der Waals surface area contributed by atoms with Gasteiger partial charge in [-0.2, -0.15) is 0 Å². The molecule has 0 radical (unpaired) electrons. The van der Waals surface area contributed by atoms with E-state index in [1.165, 1.54) is 24.8 Å². The summed E-state index contributed by atoms with van der Waals surface area (Å²) in [5.74, 6) is 0.342. The number of nitrogens with zero attached hydrogens (tertiary/aromatic N) is 1. The third-order valence-corrected chi connectivity index (χ3v) is 4.61. The molecule has 0 atom stereocenters. The number of rotatable bonds is 2. The lowest BCUT2D eigenvalue weighted by Crippen LogP contribution is -2.25. The number of nitrogens with one attached hydrogen (secondary N) is 1. The van der Waals surface area contributed by atoms with Crippen LogP contribution in [0.25, 0.3) is 10.9 Å². The summed E-state index contributed by atoms with van der Waals surface area (Å²) in [6.45, 7) is 6.14. The quantitative estimate of drug-likeness (QED) is 0.874. The summed E-state index contributed by atoms with van der Waals surface area (Å²) in [5.41, 5.74) is 5.20. The van der Waals surface area contributed by atoms with E-state index in [2.05, 4.69) is 36.3 Å². The van der Waals surface area contributed by atoms with Crippen molar-refractivity contribution in [1.29, 1.82) is 0 Å². The van der Waals surface area contributed by atoms with Gasteiger partial charge >= 0.3 is 0 Å². The Hall–Kier alpha value is -1.90. The Morgan fingerprint density at radius 2 is 1.82 bits per heavy atom. The van der Waals surface area contributed by atoms with Gasteiger partial charge in [-0.3, -0.25) is 9.78 Å². The summed E-state index contributed by atoms with van der Waals surface area (Å²) in [6, 6.07) is 6.24. The average molecular weight is 296 g/mol. The minimum Gasteiger partial charge on any atom is -0.325 e. The molecular formula is C19H24N2O. The van der Waals surface area contributed by atoms with Crippen LogP contribution in [0.4, 0.5) is 5.69 Å². The van der Waals surface area contributed by atoms with Crippen LogP contribution in [0.5, 0.6) is 0 Å². The molecule has 3 heteroatoms. The number of benzene rings is 1. The molecular weight excluding hydrogens is 272 g/mol. The maximum absolute atomic E-state index is 12.6. The highest BCUT2D eigenvalue weighted by atomic mass is 16.1. The van der Waals surface area contributed by atoms with Crippen molar-refractivity contribution in [3.05, 3.63) is 35.0 Å². The number of aryl methyl sites for hydroxylation is 3. The van der Waals surface area contributed by atoms with Crippen molar-refractivity contribution in [1.82, 2.24) is 4.98 Å². The fraction of sp³-hybridized carbons (Fsp3) is 0.474. The highest BCUT2D eigenvalue weighted by molar-refractivity contribution is 6.02. The third-order valence-electron chi connectivity index (χ3n) is 4.61. The second kappa shape index (κ2) is 6.07. The number of carbonyl (C=O) groups is 1. The fourth-order valence-electron chi connectivity index (χ4n) is 3.51. The first-order chi connectivity index (χ1) is 10.5. The zero-order valence-electron chi connectivity index (χ0n) is 13.7. The SMILES string of the molecule is Cc1cc(C)c2nc(C)cc(NC(=O)C3CCCCC3)c2c1. The first-order valence-corrected chi connectivity index (χ1v) is 8.24. The summed E-state index contributed by atoms with van der Waals surface area (Å²) >= 11 is 0. The van der Waals surface area contributed by atoms with E-state index in [1.54, 1.807) is 0 Å². The number of hydrogen-bond acceptors (Lipinski definition) is 2. The van der Waals surface area contributed by atoms with Crippen molar-refractivity contribution in [3.63, 3.8) is 0 Å². The lowest BCUT2D eigenvalue weighted by molar-refractivity contribution is -0.120. The second-order valence-corrected chi connectivity index (χ2v) is 6.61. The summed E-state index contributed by atoms with van der Waals surface area (Å²) < 4.78 is 0. The van der Waals surface area contributed by atoms with Gasteiger partial charge in [0.05, 0.1) is 11.2 Å². The van der Waals surface area contributed by atoms with E-state index in [-0.39, 0.29) is 11.8 Å². The Bertz CT molecular complexity index is 715. The van der Waals surface area contributed by atoms with Crippen LogP contribution in [0.1, 0.15) is 48.9 Å². The molecule has 2 aromatic rings. The van der Waals surface area contributed by atoms with Crippen molar-refractivity contribution < 1.29 is 4.79 Å². The predicted molar refractivity (Wildman–Crippen MR) is 91.2 cm³/mol. The van der Waals surface area contributed by atoms with E-state index in [4.69, 9.17) is 0 Å². The van der Waals surface area contributed by atoms with Crippen molar-refractivity contribution in [2.24, 2.45) is 5.92 Å². The Morgan fingerprint density at radius 3 is 2.55 bits per heavy atom. The Morgan fingerprint density at radius 1 is 1.09 bits per heavy atom. The number of fused-ring (bicyclic) bond motifs is 1. The molecule has 22 heavy (non-hydrogen) atoms. The van der Waals surface area contributed by atoms with E-state index in [9.17, 15) is 4.79 Å². The van der Waals surface area contributed by atoms with E-state index in [0.717, 1.165) is 40.7 Å². The monoisotopic (exact) mass is 296 g/mol. The molecule has 0 spiro atoms. The third kappa shape index (κ3) is 2.99. The van der Waals surface area contributed by atoms with Crippen LogP contribution in [-0.2, 0) is 4.79 Å². The molecule has 0 unspecified atom stereocenters. The van der Waals surface area contributed by atoms with Gasteiger partial charge in [-0.25, -0.2) is 0 Å². The summed E-state index contributed by atoms with van der Waals surface area (Å²) in [4.78, 5) is 17.2. The van der Waals surface area contributed by atoms with Gasteiger partial charge in [0.2, 0.25) is 5.91 Å². The number of aromatic nitrogens is 1. The molecule has 1 saturated carbocycles. The molecule has 0 bridgehead atoms. The number of amides is 1. The summed E-state index contributed by atoms with van der Waals surface area (Å²) in [5, 5.41) is 4.22. The lowest BCUT2D eigenvalue weighted by atomic mass is 9.88. The normalized spacial score (nSPS) is 16.0. The molecule has 3 nitrogen and oxygen atoms in total. The minimum atomic E-state index is 0.170. The molecule has 116 valence electrons. The topological polar surface area (TPSA) is 42.0 Å². The van der Waals surface area contributed by atoms with Crippen molar-refractivity contribution >= 4 is 22.5 Å². The predicted octanol–water partition coefficient (Wildman–Crippen LogP) is 4.68. The molecule has 0 aliphatic heterocycles. The van der Waals surface area contributed by atoms with Crippen LogP contribution in [0.15, 0.2) is 18.2 Å². The summed E-state index contributed by atoms with van der Waals surface area (Å²) in [7, 11) is 0. The second-order valence-electron chi connectivity index (χ2n) is 6.61. The van der Waals surface area contributed by atoms with Crippen molar-refractivity contribution in [2.75, 3.05) is 5.32 Å². The van der Waals surface area contributed by atoms with E-state index < -0.39 is 0 Å². The van der Waals surface area contributed by atoms with Crippen LogP contribution in [0.3, 0.4) is 0 Å². The maximum atomic E-state index is 12.6. The van der Waals surface area contributed by atoms with Crippen LogP contribution in [0.2, 0.25) is 0 Å². The Balaban J connectivity index is 1.97. The number of pyridine rings is 1. The number of hydrogen-bond donors (Lipinski definition) is 1. The highest BCUT2D eigenvalue weighted by Gasteiger charge is 2.22. The zero-order valence-corrected chi connectivity index (χ0v) is 13.7. The molecule has 1 fully saturated rings. The van der Waals surface area contributed by atoms with Crippen LogP contribution in [-0.4, -0.2) is 10.9 Å². The van der Waals surface area contributed by atoms with Gasteiger partial charge in [0.1, 0.15) is 0 Å². The van der Waals surface area contributed by atoms with Gasteiger partial charge in [-0.1, -0.05) is 30.9 Å². The number of carbonyl (C=O) groups excluding carboxylic acids is 1. The molecule has 1 aromatic heterocycles. The molecule has 1 amide bonds. The maximum Gasteiger partial charge on any atom is 0.227 e. The molecule has 0 saturated heterocycles. The smallest absolute Gasteiger partial charge is 0.227 e. The van der Waals surface area contributed by atoms with Gasteiger partial charge in [-0.15, -0.1) is 0 Å². The van der Waals surface area contributed by atoms with E-state index in [1.807, 2.05) is 13.0 Å². The molecule has 3 rings (SSSR count). The Labute approximate surface area is 132 Å². The van der Waals surface area contributed by atoms with E-state index in [0.29, 0.717) is 0 Å². The first kappa shape index (κ1) is 15.0. The van der Waals surface area contributed by atoms with Gasteiger partial charge < -0.3 is 5.32 Å². The van der Waals surface area contributed by atoms with Crippen LogP contribution >= 0.6 is 0 Å². The first-order valence-electron chi connectivity index (χ1n) is 8.24. The van der Waals surface area contributed by atoms with Crippen molar-refractivity contribution in [2.45, 2.75) is 52.9 Å². The molecule has 1 aromatic carbocycles. The van der Waals surface area contributed by atoms with Gasteiger partial charge in [0, 0.05) is 17.0 Å². The highest BCUT2D eigenvalue weighted by Crippen LogP contribution is 2.29. The lowest BCUT2D eigenvalue weighted by Gasteiger charge is -2.21. The zero-order chi connectivity index (χ0) is 15.7. The fourth-order valence-corrected chi connectivity index (χ4v) is 3.51. The van der Waals surface area contributed by atoms with Crippen LogP contribution < -0.4 is 5.32 Å². The summed E-state index contributed by atoms with van der Waals surface area (Å²) in [6.07, 6.45) is 5.65. The molecule has 1 aliphatic carbocycles. The van der Waals surface area contributed by atoms with Crippen LogP contribution in [0, 0.1) is 26.7 Å². The van der Waals surface area contributed by atoms with Gasteiger partial charge in [0.15, 0.2) is 0 Å². The number of anilines is 1. The average Bonchev–Trinajstić information content (AvgIpc) is 2.49. The molecule has 1 N–H and O–H groups in total. The molecule has 1 aliphatic rings.